The van der Waals surface area contributed by atoms with Crippen LogP contribution in [0.4, 0.5) is 5.82 Å². The Balaban J connectivity index is 2.71. The van der Waals surface area contributed by atoms with Crippen LogP contribution in [0.15, 0.2) is 18.3 Å². The third-order valence-electron chi connectivity index (χ3n) is 1.79. The summed E-state index contributed by atoms with van der Waals surface area (Å²) in [4.78, 5) is 26.8. The van der Waals surface area contributed by atoms with E-state index in [9.17, 15) is 9.59 Å². The number of rotatable bonds is 3. The van der Waals surface area contributed by atoms with Gasteiger partial charge < -0.3 is 10.1 Å². The smallest absolute Gasteiger partial charge is 0.340 e. The molecular weight excluding hydrogens is 300 g/mol. The molecule has 0 unspecified atom stereocenters. The summed E-state index contributed by atoms with van der Waals surface area (Å²) in [6, 6.07) is 3.12. The molecule has 1 amide bonds. The van der Waals surface area contributed by atoms with Gasteiger partial charge in [0.05, 0.1) is 10.9 Å². The van der Waals surface area contributed by atoms with Gasteiger partial charge in [0.15, 0.2) is 0 Å². The van der Waals surface area contributed by atoms with Crippen molar-refractivity contribution in [3.05, 3.63) is 23.9 Å². The van der Waals surface area contributed by atoms with Crippen LogP contribution < -0.4 is 5.32 Å². The Labute approximate surface area is 114 Å². The predicted octanol–water partition coefficient (Wildman–Crippen LogP) is 2.37. The Morgan fingerprint density at radius 3 is 2.50 bits per heavy atom. The lowest BCUT2D eigenvalue weighted by Crippen LogP contribution is -2.24. The van der Waals surface area contributed by atoms with Crippen molar-refractivity contribution in [1.82, 2.24) is 4.98 Å². The molecule has 1 aromatic rings. The molecule has 18 heavy (non-hydrogen) atoms. The number of nitrogens with zero attached hydrogens (tertiary/aromatic N) is 1. The minimum Gasteiger partial charge on any atom is -0.456 e. The van der Waals surface area contributed by atoms with Crippen LogP contribution in [0.2, 0.25) is 0 Å². The van der Waals surface area contributed by atoms with Gasteiger partial charge in [-0.15, -0.1) is 0 Å². The first kappa shape index (κ1) is 14.6. The molecule has 0 atom stereocenters. The summed E-state index contributed by atoms with van der Waals surface area (Å²) in [5.74, 6) is -0.243. The molecule has 1 N–H and O–H groups in total. The Kier molecular flexibility index (Phi) is 4.84. The summed E-state index contributed by atoms with van der Waals surface area (Å²) in [6.07, 6.45) is 1.37. The molecule has 0 fully saturated rings. The first-order valence-electron chi connectivity index (χ1n) is 5.37. The fourth-order valence-electron chi connectivity index (χ4n) is 1.10. The number of ether oxygens (including phenoxy) is 1. The zero-order valence-electron chi connectivity index (χ0n) is 10.5. The minimum absolute atomic E-state index is 0.197. The quantitative estimate of drug-likeness (QED) is 0.687. The molecule has 0 spiro atoms. The second kappa shape index (κ2) is 5.95. The number of alkyl halides is 1. The van der Waals surface area contributed by atoms with Gasteiger partial charge in [0.1, 0.15) is 11.4 Å². The number of halogens is 1. The number of carbonyl (C=O) groups is 2. The first-order chi connectivity index (χ1) is 8.31. The molecule has 1 heterocycles. The lowest BCUT2D eigenvalue weighted by Gasteiger charge is -2.19. The maximum absolute atomic E-state index is 11.7. The van der Waals surface area contributed by atoms with Gasteiger partial charge in [0.2, 0.25) is 5.91 Å². The second-order valence-electron chi connectivity index (χ2n) is 4.62. The van der Waals surface area contributed by atoms with Gasteiger partial charge in [-0.25, -0.2) is 9.78 Å². The van der Waals surface area contributed by atoms with E-state index >= 15 is 0 Å². The Morgan fingerprint density at radius 1 is 1.39 bits per heavy atom. The molecular formula is C12H15BrN2O3. The van der Waals surface area contributed by atoms with Crippen molar-refractivity contribution in [2.45, 2.75) is 26.4 Å². The summed E-state index contributed by atoms with van der Waals surface area (Å²) in [5, 5.41) is 2.75. The molecule has 1 aromatic heterocycles. The van der Waals surface area contributed by atoms with Crippen molar-refractivity contribution in [3.63, 3.8) is 0 Å². The number of aromatic nitrogens is 1. The van der Waals surface area contributed by atoms with E-state index in [0.717, 1.165) is 0 Å². The van der Waals surface area contributed by atoms with Crippen molar-refractivity contribution in [2.75, 3.05) is 10.6 Å². The monoisotopic (exact) mass is 314 g/mol. The maximum Gasteiger partial charge on any atom is 0.340 e. The normalized spacial score (nSPS) is 10.9. The fourth-order valence-corrected chi connectivity index (χ4v) is 1.24. The van der Waals surface area contributed by atoms with Crippen LogP contribution >= 0.6 is 15.9 Å². The van der Waals surface area contributed by atoms with Crippen LogP contribution in [-0.4, -0.2) is 27.8 Å². The highest BCUT2D eigenvalue weighted by molar-refractivity contribution is 9.09. The van der Waals surface area contributed by atoms with Crippen molar-refractivity contribution in [2.24, 2.45) is 0 Å². The van der Waals surface area contributed by atoms with E-state index in [1.165, 1.54) is 6.20 Å². The van der Waals surface area contributed by atoms with Crippen molar-refractivity contribution >= 4 is 33.6 Å². The number of amides is 1. The fraction of sp³-hybridized carbons (Fsp3) is 0.417. The first-order valence-corrected chi connectivity index (χ1v) is 6.49. The molecule has 0 aliphatic carbocycles. The number of nitrogens with one attached hydrogen (secondary N) is 1. The largest absolute Gasteiger partial charge is 0.456 e. The van der Waals surface area contributed by atoms with Gasteiger partial charge in [-0.3, -0.25) is 4.79 Å². The Morgan fingerprint density at radius 2 is 2.06 bits per heavy atom. The van der Waals surface area contributed by atoms with Gasteiger partial charge in [-0.2, -0.15) is 0 Å². The van der Waals surface area contributed by atoms with Crippen molar-refractivity contribution in [3.8, 4) is 0 Å². The lowest BCUT2D eigenvalue weighted by atomic mass is 10.2. The van der Waals surface area contributed by atoms with E-state index < -0.39 is 11.6 Å². The summed E-state index contributed by atoms with van der Waals surface area (Å²) < 4.78 is 5.19. The second-order valence-corrected chi connectivity index (χ2v) is 5.18. The summed E-state index contributed by atoms with van der Waals surface area (Å²) in [6.45, 7) is 5.38. The summed E-state index contributed by atoms with van der Waals surface area (Å²) in [5.41, 5.74) is -0.193. The molecule has 0 saturated carbocycles. The third-order valence-corrected chi connectivity index (χ3v) is 2.30. The number of hydrogen-bond donors (Lipinski definition) is 1. The van der Waals surface area contributed by atoms with E-state index in [1.54, 1.807) is 32.9 Å². The molecule has 0 aliphatic heterocycles. The van der Waals surface area contributed by atoms with Crippen LogP contribution in [0.3, 0.4) is 0 Å². The number of hydrogen-bond acceptors (Lipinski definition) is 4. The SMILES string of the molecule is CC(C)(C)OC(=O)c1ccc(NC(=O)CBr)nc1. The standard InChI is InChI=1S/C12H15BrN2O3/c1-12(2,3)18-11(17)8-4-5-9(14-7-8)15-10(16)6-13/h4-5,7H,6H2,1-3H3,(H,14,15,16). The van der Waals surface area contributed by atoms with E-state index in [0.29, 0.717) is 11.4 Å². The lowest BCUT2D eigenvalue weighted by molar-refractivity contribution is -0.113. The predicted molar refractivity (Wildman–Crippen MR) is 71.8 cm³/mol. The molecule has 98 valence electrons. The molecule has 6 heteroatoms. The molecule has 0 aliphatic rings. The number of esters is 1. The zero-order valence-corrected chi connectivity index (χ0v) is 12.1. The molecule has 0 radical (unpaired) electrons. The summed E-state index contributed by atoms with van der Waals surface area (Å²) >= 11 is 3.03. The number of pyridine rings is 1. The highest BCUT2D eigenvalue weighted by Gasteiger charge is 2.18. The maximum atomic E-state index is 11.7. The van der Waals surface area contributed by atoms with Gasteiger partial charge in [-0.1, -0.05) is 15.9 Å². The van der Waals surface area contributed by atoms with Crippen LogP contribution in [0.1, 0.15) is 31.1 Å². The van der Waals surface area contributed by atoms with E-state index in [4.69, 9.17) is 4.74 Å². The Hall–Kier alpha value is -1.43. The molecule has 5 nitrogen and oxygen atoms in total. The van der Waals surface area contributed by atoms with Gasteiger partial charge in [0, 0.05) is 6.20 Å². The highest BCUT2D eigenvalue weighted by atomic mass is 79.9. The number of carbonyl (C=O) groups excluding carboxylic acids is 2. The average molecular weight is 315 g/mol. The van der Waals surface area contributed by atoms with Crippen molar-refractivity contribution in [1.29, 1.82) is 0 Å². The zero-order chi connectivity index (χ0) is 13.8. The van der Waals surface area contributed by atoms with Gasteiger partial charge in [-0.05, 0) is 32.9 Å². The van der Waals surface area contributed by atoms with Crippen LogP contribution in [-0.2, 0) is 9.53 Å². The van der Waals surface area contributed by atoms with Gasteiger partial charge >= 0.3 is 5.97 Å². The number of anilines is 1. The molecule has 1 rings (SSSR count). The minimum atomic E-state index is -0.542. The third kappa shape index (κ3) is 4.83. The highest BCUT2D eigenvalue weighted by Crippen LogP contribution is 2.12. The topological polar surface area (TPSA) is 68.3 Å². The molecule has 0 aromatic carbocycles. The van der Waals surface area contributed by atoms with E-state index in [-0.39, 0.29) is 11.2 Å². The van der Waals surface area contributed by atoms with Crippen LogP contribution in [0.5, 0.6) is 0 Å². The summed E-state index contributed by atoms with van der Waals surface area (Å²) in [7, 11) is 0. The van der Waals surface area contributed by atoms with Crippen LogP contribution in [0.25, 0.3) is 0 Å². The average Bonchev–Trinajstić information content (AvgIpc) is 2.27. The van der Waals surface area contributed by atoms with Gasteiger partial charge in [0.25, 0.3) is 0 Å². The van der Waals surface area contributed by atoms with Crippen molar-refractivity contribution < 1.29 is 14.3 Å². The molecule has 0 bridgehead atoms. The molecule has 0 saturated heterocycles. The van der Waals surface area contributed by atoms with Crippen LogP contribution in [0, 0.1) is 0 Å². The van der Waals surface area contributed by atoms with E-state index in [1.807, 2.05) is 0 Å². The Bertz CT molecular complexity index is 438. The van der Waals surface area contributed by atoms with E-state index in [2.05, 4.69) is 26.2 Å².